The second kappa shape index (κ2) is 6.71. The predicted molar refractivity (Wildman–Crippen MR) is 90.1 cm³/mol. The summed E-state index contributed by atoms with van der Waals surface area (Å²) >= 11 is 1.37. The maximum Gasteiger partial charge on any atom is 0.228 e. The number of ether oxygens (including phenoxy) is 1. The van der Waals surface area contributed by atoms with Crippen molar-refractivity contribution in [2.24, 2.45) is 0 Å². The van der Waals surface area contributed by atoms with Crippen LogP contribution in [0.25, 0.3) is 11.5 Å². The maximum absolute atomic E-state index is 12.7. The first-order valence-corrected chi connectivity index (χ1v) is 8.24. The lowest BCUT2D eigenvalue weighted by molar-refractivity contribution is 0.103. The van der Waals surface area contributed by atoms with E-state index in [1.165, 1.54) is 11.8 Å². The van der Waals surface area contributed by atoms with Gasteiger partial charge in [0.15, 0.2) is 10.8 Å². The number of benzene rings is 2. The van der Waals surface area contributed by atoms with Crippen LogP contribution in [0.1, 0.15) is 16.1 Å². The number of nitrogens with zero attached hydrogens (tertiary/aromatic N) is 1. The van der Waals surface area contributed by atoms with Gasteiger partial charge in [-0.2, -0.15) is 0 Å². The molecule has 0 amide bonds. The minimum Gasteiger partial charge on any atom is -0.497 e. The summed E-state index contributed by atoms with van der Waals surface area (Å²) in [6, 6.07) is 16.5. The van der Waals surface area contributed by atoms with Gasteiger partial charge in [0.1, 0.15) is 5.75 Å². The number of thioether (sulfide) groups is 1. The topological polar surface area (TPSA) is 52.3 Å². The fourth-order valence-electron chi connectivity index (χ4n) is 2.17. The molecule has 3 aromatic rings. The molecule has 0 aliphatic rings. The van der Waals surface area contributed by atoms with Gasteiger partial charge in [0.05, 0.1) is 7.11 Å². The van der Waals surface area contributed by atoms with Gasteiger partial charge < -0.3 is 9.15 Å². The molecule has 4 nitrogen and oxygen atoms in total. The van der Waals surface area contributed by atoms with Gasteiger partial charge in [0.2, 0.25) is 11.7 Å². The molecule has 1 heterocycles. The smallest absolute Gasteiger partial charge is 0.228 e. The largest absolute Gasteiger partial charge is 0.497 e. The van der Waals surface area contributed by atoms with Crippen LogP contribution in [0.15, 0.2) is 64.1 Å². The number of carbonyl (C=O) groups excluding carboxylic acids is 1. The number of oxazole rings is 1. The molecule has 3 rings (SSSR count). The summed E-state index contributed by atoms with van der Waals surface area (Å²) in [5.41, 5.74) is 1.73. The Kier molecular flexibility index (Phi) is 4.48. The molecule has 0 saturated heterocycles. The van der Waals surface area contributed by atoms with Crippen LogP contribution in [0, 0.1) is 0 Å². The fraction of sp³-hybridized carbons (Fsp3) is 0.111. The van der Waals surface area contributed by atoms with Crippen molar-refractivity contribution in [2.75, 3.05) is 13.4 Å². The quantitative estimate of drug-likeness (QED) is 0.517. The van der Waals surface area contributed by atoms with Crippen LogP contribution in [0.2, 0.25) is 0 Å². The van der Waals surface area contributed by atoms with Crippen LogP contribution >= 0.6 is 11.8 Å². The molecule has 0 spiro atoms. The van der Waals surface area contributed by atoms with Crippen LogP contribution in [0.5, 0.6) is 5.75 Å². The molecule has 2 aromatic carbocycles. The zero-order chi connectivity index (χ0) is 16.2. The summed E-state index contributed by atoms with van der Waals surface area (Å²) in [5.74, 6) is 0.992. The van der Waals surface area contributed by atoms with Gasteiger partial charge in [0, 0.05) is 11.1 Å². The van der Waals surface area contributed by atoms with Crippen molar-refractivity contribution < 1.29 is 13.9 Å². The molecule has 0 unspecified atom stereocenters. The van der Waals surface area contributed by atoms with E-state index in [9.17, 15) is 4.79 Å². The molecule has 0 aliphatic heterocycles. The van der Waals surface area contributed by atoms with Gasteiger partial charge >= 0.3 is 0 Å². The van der Waals surface area contributed by atoms with Gasteiger partial charge in [-0.05, 0) is 42.7 Å². The molecule has 0 bridgehead atoms. The summed E-state index contributed by atoms with van der Waals surface area (Å²) < 4.78 is 10.9. The van der Waals surface area contributed by atoms with E-state index in [1.54, 1.807) is 31.4 Å². The highest BCUT2D eigenvalue weighted by Gasteiger charge is 2.21. The van der Waals surface area contributed by atoms with Crippen molar-refractivity contribution in [3.63, 3.8) is 0 Å². The highest BCUT2D eigenvalue weighted by Crippen LogP contribution is 2.29. The zero-order valence-corrected chi connectivity index (χ0v) is 13.6. The van der Waals surface area contributed by atoms with E-state index in [2.05, 4.69) is 4.98 Å². The highest BCUT2D eigenvalue weighted by atomic mass is 32.2. The van der Waals surface area contributed by atoms with Crippen LogP contribution in [-0.4, -0.2) is 24.1 Å². The first kappa shape index (κ1) is 15.4. The lowest BCUT2D eigenvalue weighted by Gasteiger charge is -2.01. The highest BCUT2D eigenvalue weighted by molar-refractivity contribution is 7.98. The van der Waals surface area contributed by atoms with E-state index >= 15 is 0 Å². The number of aromatic nitrogens is 1. The Morgan fingerprint density at radius 1 is 1.09 bits per heavy atom. The fourth-order valence-corrected chi connectivity index (χ4v) is 2.67. The lowest BCUT2D eigenvalue weighted by Crippen LogP contribution is -2.03. The minimum atomic E-state index is -0.164. The predicted octanol–water partition coefficient (Wildman–Crippen LogP) is 4.30. The third-order valence-electron chi connectivity index (χ3n) is 3.37. The third kappa shape index (κ3) is 3.14. The molecule has 23 heavy (non-hydrogen) atoms. The molecule has 0 radical (unpaired) electrons. The Hall–Kier alpha value is -2.53. The molecular formula is C18H15NO3S. The van der Waals surface area contributed by atoms with Crippen LogP contribution in [0.4, 0.5) is 0 Å². The van der Waals surface area contributed by atoms with Crippen molar-refractivity contribution in [2.45, 2.75) is 5.09 Å². The lowest BCUT2D eigenvalue weighted by atomic mass is 10.1. The summed E-state index contributed by atoms with van der Waals surface area (Å²) in [6.45, 7) is 0. The Labute approximate surface area is 138 Å². The number of methoxy groups -OCH3 is 1. The van der Waals surface area contributed by atoms with Crippen LogP contribution in [0.3, 0.4) is 0 Å². The second-order valence-electron chi connectivity index (χ2n) is 4.78. The van der Waals surface area contributed by atoms with E-state index in [4.69, 9.17) is 9.15 Å². The first-order valence-electron chi connectivity index (χ1n) is 7.02. The number of hydrogen-bond donors (Lipinski definition) is 0. The van der Waals surface area contributed by atoms with Gasteiger partial charge in [-0.25, -0.2) is 4.98 Å². The summed E-state index contributed by atoms with van der Waals surface area (Å²) in [6.07, 6.45) is 1.86. The number of rotatable bonds is 5. The van der Waals surface area contributed by atoms with Crippen LogP contribution in [-0.2, 0) is 0 Å². The summed E-state index contributed by atoms with van der Waals surface area (Å²) in [4.78, 5) is 17.1. The molecule has 116 valence electrons. The van der Waals surface area contributed by atoms with Crippen molar-refractivity contribution in [1.82, 2.24) is 4.98 Å². The first-order chi connectivity index (χ1) is 11.2. The van der Waals surface area contributed by atoms with Gasteiger partial charge in [-0.3, -0.25) is 4.79 Å². The van der Waals surface area contributed by atoms with Crippen molar-refractivity contribution >= 4 is 17.5 Å². The maximum atomic E-state index is 12.7. The normalized spacial score (nSPS) is 10.5. The molecule has 0 saturated carbocycles. The van der Waals surface area contributed by atoms with Gasteiger partial charge in [-0.1, -0.05) is 30.0 Å². The molecule has 0 fully saturated rings. The molecule has 0 N–H and O–H groups in total. The average Bonchev–Trinajstić information content (AvgIpc) is 3.06. The van der Waals surface area contributed by atoms with Crippen molar-refractivity contribution in [1.29, 1.82) is 0 Å². The zero-order valence-electron chi connectivity index (χ0n) is 12.8. The summed E-state index contributed by atoms with van der Waals surface area (Å²) in [7, 11) is 1.59. The Morgan fingerprint density at radius 3 is 2.39 bits per heavy atom. The number of ketones is 1. The second-order valence-corrected chi connectivity index (χ2v) is 5.56. The van der Waals surface area contributed by atoms with E-state index in [-0.39, 0.29) is 5.78 Å². The SMILES string of the molecule is COc1ccc(C(=O)c2nc(-c3ccccc3)oc2SC)cc1. The third-order valence-corrected chi connectivity index (χ3v) is 4.02. The monoisotopic (exact) mass is 325 g/mol. The van der Waals surface area contributed by atoms with Crippen LogP contribution < -0.4 is 4.74 Å². The minimum absolute atomic E-state index is 0.164. The van der Waals surface area contributed by atoms with E-state index in [0.717, 1.165) is 5.56 Å². The Balaban J connectivity index is 1.98. The molecule has 0 atom stereocenters. The average molecular weight is 325 g/mol. The molecular weight excluding hydrogens is 310 g/mol. The van der Waals surface area contributed by atoms with E-state index < -0.39 is 0 Å². The van der Waals surface area contributed by atoms with E-state index in [1.807, 2.05) is 36.6 Å². The van der Waals surface area contributed by atoms with Gasteiger partial charge in [-0.15, -0.1) is 0 Å². The number of carbonyl (C=O) groups is 1. The Morgan fingerprint density at radius 2 is 1.78 bits per heavy atom. The standard InChI is InChI=1S/C18H15NO3S/c1-21-14-10-8-12(9-11-14)16(20)15-18(23-2)22-17(19-15)13-6-4-3-5-7-13/h3-11H,1-2H3. The molecule has 0 aliphatic carbocycles. The van der Waals surface area contributed by atoms with Crippen molar-refractivity contribution in [3.05, 3.63) is 65.9 Å². The molecule has 1 aromatic heterocycles. The molecule has 5 heteroatoms. The van der Waals surface area contributed by atoms with Gasteiger partial charge in [0.25, 0.3) is 0 Å². The van der Waals surface area contributed by atoms with Crippen molar-refractivity contribution in [3.8, 4) is 17.2 Å². The number of hydrogen-bond acceptors (Lipinski definition) is 5. The Bertz CT molecular complexity index is 810. The van der Waals surface area contributed by atoms with E-state index in [0.29, 0.717) is 28.0 Å². The summed E-state index contributed by atoms with van der Waals surface area (Å²) in [5, 5.41) is 0.518.